The Labute approximate surface area is 228 Å². The van der Waals surface area contributed by atoms with Gasteiger partial charge >= 0.3 is 0 Å². The minimum absolute atomic E-state index is 0.0645. The van der Waals surface area contributed by atoms with Crippen LogP contribution >= 0.6 is 11.3 Å². The maximum atomic E-state index is 12.7. The van der Waals surface area contributed by atoms with Crippen molar-refractivity contribution in [2.24, 2.45) is 0 Å². The van der Waals surface area contributed by atoms with Crippen LogP contribution in [0, 0.1) is 6.92 Å². The largest absolute Gasteiger partial charge is 0.507 e. The van der Waals surface area contributed by atoms with Gasteiger partial charge in [0.25, 0.3) is 5.91 Å². The third-order valence-corrected chi connectivity index (χ3v) is 10.4. The predicted octanol–water partition coefficient (Wildman–Crippen LogP) is 4.46. The van der Waals surface area contributed by atoms with E-state index in [1.165, 1.54) is 40.6 Å². The number of carbonyl (C=O) groups is 1. The number of hydrogen-bond donors (Lipinski definition) is 3. The van der Waals surface area contributed by atoms with Gasteiger partial charge in [0.1, 0.15) is 12.0 Å². The fraction of sp³-hybridized carbons (Fsp3) is 0.345. The number of nitrogens with one attached hydrogen (secondary N) is 1. The van der Waals surface area contributed by atoms with Gasteiger partial charge in [0.05, 0.1) is 10.3 Å². The third-order valence-electron chi connectivity index (χ3n) is 7.21. The highest BCUT2D eigenvalue weighted by Gasteiger charge is 2.40. The molecule has 1 aromatic heterocycles. The monoisotopic (exact) mass is 554 g/mol. The summed E-state index contributed by atoms with van der Waals surface area (Å²) in [5.41, 5.74) is 4.85. The average molecular weight is 555 g/mol. The van der Waals surface area contributed by atoms with E-state index in [4.69, 9.17) is 0 Å². The molecule has 2 unspecified atom stereocenters. The van der Waals surface area contributed by atoms with Crippen LogP contribution in [0.3, 0.4) is 0 Å². The summed E-state index contributed by atoms with van der Waals surface area (Å²) in [5.74, 6) is -0.753. The molecule has 2 heterocycles. The Balaban J connectivity index is 1.39. The van der Waals surface area contributed by atoms with Crippen molar-refractivity contribution in [3.8, 4) is 16.2 Å². The van der Waals surface area contributed by atoms with Crippen LogP contribution in [-0.2, 0) is 9.84 Å². The molecule has 0 aliphatic carbocycles. The molecular formula is C29H34N2O5S2. The highest BCUT2D eigenvalue weighted by molar-refractivity contribution is 7.92. The first-order chi connectivity index (χ1) is 18.0. The molecular weight excluding hydrogens is 520 g/mol. The number of hydrogen-bond acceptors (Lipinski definition) is 7. The Bertz CT molecular complexity index is 1430. The number of nitrogens with zero attached hydrogens (tertiary/aromatic N) is 1. The number of benzene rings is 2. The first-order valence-corrected chi connectivity index (χ1v) is 15.3. The van der Waals surface area contributed by atoms with Crippen molar-refractivity contribution >= 4 is 32.7 Å². The van der Waals surface area contributed by atoms with E-state index in [0.29, 0.717) is 13.1 Å². The van der Waals surface area contributed by atoms with Gasteiger partial charge in [-0.15, -0.1) is 11.3 Å². The summed E-state index contributed by atoms with van der Waals surface area (Å²) >= 11 is 1.73. The quantitative estimate of drug-likeness (QED) is 0.361. The summed E-state index contributed by atoms with van der Waals surface area (Å²) in [6, 6.07) is 16.8. The number of sulfone groups is 1. The minimum Gasteiger partial charge on any atom is -0.507 e. The van der Waals surface area contributed by atoms with E-state index in [1.54, 1.807) is 23.5 Å². The third kappa shape index (κ3) is 6.35. The van der Waals surface area contributed by atoms with Gasteiger partial charge in [0, 0.05) is 37.2 Å². The molecule has 1 aliphatic heterocycles. The van der Waals surface area contributed by atoms with Gasteiger partial charge in [0.15, 0.2) is 9.84 Å². The molecule has 0 spiro atoms. The van der Waals surface area contributed by atoms with E-state index < -0.39 is 26.7 Å². The molecule has 38 heavy (non-hydrogen) atoms. The van der Waals surface area contributed by atoms with E-state index >= 15 is 0 Å². The molecule has 0 saturated carbocycles. The number of para-hydroxylation sites is 1. The second kappa shape index (κ2) is 11.4. The topological polar surface area (TPSA) is 107 Å². The van der Waals surface area contributed by atoms with Crippen LogP contribution in [0.5, 0.6) is 5.75 Å². The van der Waals surface area contributed by atoms with Crippen LogP contribution in [0.2, 0.25) is 0 Å². The van der Waals surface area contributed by atoms with Gasteiger partial charge < -0.3 is 15.5 Å². The predicted molar refractivity (Wildman–Crippen MR) is 153 cm³/mol. The average Bonchev–Trinajstić information content (AvgIpc) is 3.33. The molecule has 0 saturated heterocycles. The Morgan fingerprint density at radius 2 is 1.84 bits per heavy atom. The second-order valence-electron chi connectivity index (χ2n) is 10.1. The number of aromatic hydroxyl groups is 1. The molecule has 9 heteroatoms. The number of phenols is 1. The first kappa shape index (κ1) is 28.0. The first-order valence-electron chi connectivity index (χ1n) is 12.5. The van der Waals surface area contributed by atoms with E-state index in [1.807, 2.05) is 4.90 Å². The van der Waals surface area contributed by atoms with Crippen molar-refractivity contribution in [3.63, 3.8) is 0 Å². The van der Waals surface area contributed by atoms with Crippen LogP contribution in [0.4, 0.5) is 0 Å². The van der Waals surface area contributed by atoms with Crippen molar-refractivity contribution in [2.75, 3.05) is 25.9 Å². The molecule has 7 nitrogen and oxygen atoms in total. The summed E-state index contributed by atoms with van der Waals surface area (Å²) in [7, 11) is -3.64. The summed E-state index contributed by atoms with van der Waals surface area (Å²) < 4.78 is 24.0. The maximum Gasteiger partial charge on any atom is 0.255 e. The van der Waals surface area contributed by atoms with Crippen LogP contribution < -0.4 is 5.32 Å². The van der Waals surface area contributed by atoms with Gasteiger partial charge in [-0.3, -0.25) is 9.69 Å². The van der Waals surface area contributed by atoms with Gasteiger partial charge in [-0.1, -0.05) is 42.5 Å². The molecule has 1 amide bonds. The number of aliphatic hydroxyl groups is 1. The molecule has 0 radical (unpaired) electrons. The Morgan fingerprint density at radius 1 is 1.16 bits per heavy atom. The highest BCUT2D eigenvalue weighted by Crippen LogP contribution is 2.31. The number of thiophene rings is 1. The molecule has 2 atom stereocenters. The lowest BCUT2D eigenvalue weighted by Crippen LogP contribution is -2.51. The van der Waals surface area contributed by atoms with E-state index in [-0.39, 0.29) is 24.3 Å². The number of aliphatic hydroxyl groups excluding tert-OH is 1. The van der Waals surface area contributed by atoms with Crippen molar-refractivity contribution in [1.29, 1.82) is 0 Å². The lowest BCUT2D eigenvalue weighted by atomic mass is 9.97. The van der Waals surface area contributed by atoms with Crippen LogP contribution in [0.25, 0.3) is 16.0 Å². The summed E-state index contributed by atoms with van der Waals surface area (Å²) in [5, 5.41) is 25.7. The maximum absolute atomic E-state index is 12.7. The molecule has 0 bridgehead atoms. The van der Waals surface area contributed by atoms with E-state index in [9.17, 15) is 23.4 Å². The molecule has 2 aromatic carbocycles. The zero-order valence-corrected chi connectivity index (χ0v) is 23.5. The smallest absolute Gasteiger partial charge is 0.255 e. The van der Waals surface area contributed by atoms with Gasteiger partial charge in [0.2, 0.25) is 0 Å². The van der Waals surface area contributed by atoms with Crippen molar-refractivity contribution in [3.05, 3.63) is 82.7 Å². The molecule has 3 aromatic rings. The number of amides is 1. The molecule has 1 aliphatic rings. The van der Waals surface area contributed by atoms with Crippen LogP contribution in [-0.4, -0.2) is 66.3 Å². The lowest BCUT2D eigenvalue weighted by Gasteiger charge is -2.36. The summed E-state index contributed by atoms with van der Waals surface area (Å²) in [6.07, 6.45) is 2.86. The Hall–Kier alpha value is -2.98. The number of carbonyl (C=O) groups excluding carboxylic acids is 1. The molecule has 0 fully saturated rings. The van der Waals surface area contributed by atoms with Gasteiger partial charge in [-0.2, -0.15) is 0 Å². The van der Waals surface area contributed by atoms with Crippen LogP contribution in [0.15, 0.2) is 66.1 Å². The fourth-order valence-corrected chi connectivity index (χ4v) is 6.24. The number of aryl methyl sites for hydroxylation is 1. The summed E-state index contributed by atoms with van der Waals surface area (Å²) in [4.78, 5) is 15.6. The minimum atomic E-state index is -3.64. The van der Waals surface area contributed by atoms with Crippen molar-refractivity contribution < 1.29 is 23.4 Å². The normalized spacial score (nSPS) is 16.9. The number of rotatable bonds is 9. The van der Waals surface area contributed by atoms with E-state index in [0.717, 1.165) is 18.2 Å². The molecule has 3 N–H and O–H groups in total. The zero-order valence-electron chi connectivity index (χ0n) is 21.8. The molecule has 4 rings (SSSR count). The van der Waals surface area contributed by atoms with Gasteiger partial charge in [-0.05, 0) is 66.1 Å². The SMILES string of the molecule is Cc1csc(-c2ccc(C3=CCN(C(O)CC(C)(CNC(=O)c4ccccc4O)S(C)(=O)=O)CC3)cc2)c1. The zero-order chi connectivity index (χ0) is 27.5. The highest BCUT2D eigenvalue weighted by atomic mass is 32.2. The van der Waals surface area contributed by atoms with Gasteiger partial charge in [-0.25, -0.2) is 8.42 Å². The second-order valence-corrected chi connectivity index (χ2v) is 13.6. The number of phenolic OH excluding ortho intramolecular Hbond substituents is 1. The summed E-state index contributed by atoms with van der Waals surface area (Å²) in [6.45, 7) is 4.50. The molecule has 202 valence electrons. The van der Waals surface area contributed by atoms with Crippen molar-refractivity contribution in [2.45, 2.75) is 37.7 Å². The Morgan fingerprint density at radius 3 is 2.42 bits per heavy atom. The fourth-order valence-electron chi connectivity index (χ4n) is 4.55. The lowest BCUT2D eigenvalue weighted by molar-refractivity contribution is -0.00246. The Kier molecular flexibility index (Phi) is 8.42. The van der Waals surface area contributed by atoms with E-state index in [2.05, 4.69) is 54.0 Å². The van der Waals surface area contributed by atoms with Crippen LogP contribution in [0.1, 0.15) is 41.3 Å². The standard InChI is InChI=1S/C29H34N2O5S2/c1-20-16-26(37-18-20)23-10-8-21(9-11-23)22-12-14-31(15-13-22)27(33)17-29(2,38(3,35)36)19-30-28(34)24-6-4-5-7-25(24)32/h4-12,16,18,27,32-33H,13-15,17,19H2,1-3H3,(H,30,34). The van der Waals surface area contributed by atoms with Crippen molar-refractivity contribution in [1.82, 2.24) is 10.2 Å².